The minimum atomic E-state index is 0.0248. The summed E-state index contributed by atoms with van der Waals surface area (Å²) in [6, 6.07) is 4.01. The fraction of sp³-hybridized carbons (Fsp3) is 0.474. The maximum atomic E-state index is 12.3. The molecule has 25 heavy (non-hydrogen) atoms. The molecule has 2 aliphatic rings. The molecule has 0 atom stereocenters. The van der Waals surface area contributed by atoms with Crippen LogP contribution in [0.3, 0.4) is 0 Å². The summed E-state index contributed by atoms with van der Waals surface area (Å²) in [7, 11) is 0. The Labute approximate surface area is 151 Å². The number of thiazole rings is 1. The van der Waals surface area contributed by atoms with Crippen molar-refractivity contribution >= 4 is 27.9 Å². The van der Waals surface area contributed by atoms with Crippen molar-refractivity contribution in [1.82, 2.24) is 9.88 Å². The molecule has 3 heterocycles. The van der Waals surface area contributed by atoms with Crippen molar-refractivity contribution in [2.45, 2.75) is 39.0 Å². The van der Waals surface area contributed by atoms with Gasteiger partial charge in [0.1, 0.15) is 11.5 Å². The Bertz CT molecular complexity index is 782. The quantitative estimate of drug-likeness (QED) is 0.907. The number of hydrogen-bond acceptors (Lipinski definition) is 5. The highest BCUT2D eigenvalue weighted by Gasteiger charge is 2.19. The van der Waals surface area contributed by atoms with Crippen molar-refractivity contribution in [2.75, 3.05) is 25.0 Å². The average molecular weight is 357 g/mol. The molecule has 1 amide bonds. The first-order valence-electron chi connectivity index (χ1n) is 8.94. The summed E-state index contributed by atoms with van der Waals surface area (Å²) < 4.78 is 5.69. The molecule has 0 saturated heterocycles. The molecule has 0 radical (unpaired) electrons. The van der Waals surface area contributed by atoms with Crippen molar-refractivity contribution in [3.05, 3.63) is 40.3 Å². The van der Waals surface area contributed by atoms with E-state index in [2.05, 4.69) is 21.3 Å². The molecule has 4 rings (SSSR count). The van der Waals surface area contributed by atoms with E-state index in [1.165, 1.54) is 29.0 Å². The number of nitrogens with one attached hydrogen (secondary N) is 1. The number of hydrogen-bond donors (Lipinski definition) is 1. The summed E-state index contributed by atoms with van der Waals surface area (Å²) in [5.41, 5.74) is 2.42. The zero-order valence-electron chi connectivity index (χ0n) is 14.5. The molecule has 5 nitrogen and oxygen atoms in total. The van der Waals surface area contributed by atoms with Crippen LogP contribution in [0.4, 0.5) is 5.13 Å². The molecule has 2 aromatic rings. The van der Waals surface area contributed by atoms with Gasteiger partial charge in [-0.3, -0.25) is 9.69 Å². The first-order valence-corrected chi connectivity index (χ1v) is 9.75. The molecule has 0 bridgehead atoms. The van der Waals surface area contributed by atoms with Crippen LogP contribution in [0.25, 0.3) is 5.57 Å². The predicted molar refractivity (Wildman–Crippen MR) is 99.9 cm³/mol. The van der Waals surface area contributed by atoms with Crippen molar-refractivity contribution in [3.63, 3.8) is 0 Å². The van der Waals surface area contributed by atoms with Crippen LogP contribution in [0.2, 0.25) is 0 Å². The van der Waals surface area contributed by atoms with Gasteiger partial charge in [0.15, 0.2) is 5.13 Å². The zero-order valence-corrected chi connectivity index (χ0v) is 15.3. The number of anilines is 1. The van der Waals surface area contributed by atoms with Gasteiger partial charge in [-0.05, 0) is 56.7 Å². The lowest BCUT2D eigenvalue weighted by Crippen LogP contribution is -2.36. The summed E-state index contributed by atoms with van der Waals surface area (Å²) in [5.74, 6) is 1.91. The van der Waals surface area contributed by atoms with Crippen LogP contribution in [0.1, 0.15) is 41.4 Å². The van der Waals surface area contributed by atoms with Crippen molar-refractivity contribution in [1.29, 1.82) is 0 Å². The molecule has 0 spiro atoms. The van der Waals surface area contributed by atoms with Gasteiger partial charge in [-0.25, -0.2) is 4.98 Å². The molecular formula is C19H23N3O2S. The Kier molecular flexibility index (Phi) is 4.72. The van der Waals surface area contributed by atoms with Gasteiger partial charge in [0, 0.05) is 18.0 Å². The fourth-order valence-corrected chi connectivity index (χ4v) is 4.52. The van der Waals surface area contributed by atoms with Crippen LogP contribution in [-0.4, -0.2) is 35.4 Å². The van der Waals surface area contributed by atoms with E-state index < -0.39 is 0 Å². The lowest BCUT2D eigenvalue weighted by atomic mass is 10.0. The van der Waals surface area contributed by atoms with Gasteiger partial charge >= 0.3 is 0 Å². The second-order valence-electron chi connectivity index (χ2n) is 6.77. The maximum Gasteiger partial charge on any atom is 0.240 e. The molecular weight excluding hydrogens is 334 g/mol. The van der Waals surface area contributed by atoms with E-state index in [1.807, 2.05) is 19.1 Å². The smallest absolute Gasteiger partial charge is 0.240 e. The molecule has 0 saturated carbocycles. The van der Waals surface area contributed by atoms with Crippen LogP contribution in [0.15, 0.2) is 22.6 Å². The number of aromatic nitrogens is 1. The third-order valence-electron chi connectivity index (χ3n) is 4.81. The summed E-state index contributed by atoms with van der Waals surface area (Å²) in [4.78, 5) is 20.4. The summed E-state index contributed by atoms with van der Waals surface area (Å²) >= 11 is 1.64. The van der Waals surface area contributed by atoms with Gasteiger partial charge in [-0.2, -0.15) is 0 Å². The summed E-state index contributed by atoms with van der Waals surface area (Å²) in [5, 5.41) is 3.74. The molecule has 0 fully saturated rings. The molecule has 1 N–H and O–H groups in total. The second-order valence-corrected chi connectivity index (χ2v) is 7.85. The molecule has 6 heteroatoms. The Hall–Kier alpha value is -1.92. The lowest BCUT2D eigenvalue weighted by molar-refractivity contribution is -0.117. The van der Waals surface area contributed by atoms with Gasteiger partial charge in [0.05, 0.1) is 12.2 Å². The highest BCUT2D eigenvalue weighted by Crippen LogP contribution is 2.29. The third kappa shape index (κ3) is 3.85. The second kappa shape index (κ2) is 7.14. The van der Waals surface area contributed by atoms with Gasteiger partial charge in [-0.1, -0.05) is 6.08 Å². The van der Waals surface area contributed by atoms with E-state index in [-0.39, 0.29) is 5.91 Å². The minimum absolute atomic E-state index is 0.0248. The van der Waals surface area contributed by atoms with Gasteiger partial charge in [-0.15, -0.1) is 11.3 Å². The summed E-state index contributed by atoms with van der Waals surface area (Å²) in [6.07, 6.45) is 7.67. The van der Waals surface area contributed by atoms with E-state index in [1.54, 1.807) is 11.3 Å². The number of carbonyl (C=O) groups is 1. The largest absolute Gasteiger partial charge is 0.462 e. The average Bonchev–Trinajstić information content (AvgIpc) is 3.21. The molecule has 2 aromatic heterocycles. The Morgan fingerprint density at radius 1 is 1.32 bits per heavy atom. The maximum absolute atomic E-state index is 12.3. The topological polar surface area (TPSA) is 58.4 Å². The van der Waals surface area contributed by atoms with Crippen LogP contribution in [0.5, 0.6) is 0 Å². The number of amides is 1. The Morgan fingerprint density at radius 3 is 2.92 bits per heavy atom. The molecule has 0 aromatic carbocycles. The Balaban J connectivity index is 1.31. The fourth-order valence-electron chi connectivity index (χ4n) is 3.45. The van der Waals surface area contributed by atoms with Crippen LogP contribution in [-0.2, 0) is 17.6 Å². The number of carbonyl (C=O) groups excluding carboxylic acids is 1. The SMILES string of the molecule is Cc1ccc(C2=CCN(CC(=O)Nc3nc4c(s3)CCCC4)CC2)o1. The van der Waals surface area contributed by atoms with E-state index in [9.17, 15) is 4.79 Å². The number of aryl methyl sites for hydroxylation is 3. The summed E-state index contributed by atoms with van der Waals surface area (Å²) in [6.45, 7) is 4.01. The monoisotopic (exact) mass is 357 g/mol. The predicted octanol–water partition coefficient (Wildman–Crippen LogP) is 3.65. The number of rotatable bonds is 4. The number of nitrogens with zero attached hydrogens (tertiary/aromatic N) is 2. The normalized spacial score (nSPS) is 17.9. The van der Waals surface area contributed by atoms with Crippen LogP contribution >= 0.6 is 11.3 Å². The minimum Gasteiger partial charge on any atom is -0.462 e. The molecule has 0 unspecified atom stereocenters. The van der Waals surface area contributed by atoms with E-state index in [4.69, 9.17) is 4.42 Å². The van der Waals surface area contributed by atoms with Crippen molar-refractivity contribution in [2.24, 2.45) is 0 Å². The number of fused-ring (bicyclic) bond motifs is 1. The van der Waals surface area contributed by atoms with Crippen molar-refractivity contribution < 1.29 is 9.21 Å². The highest BCUT2D eigenvalue weighted by molar-refractivity contribution is 7.15. The van der Waals surface area contributed by atoms with Gasteiger partial charge < -0.3 is 9.73 Å². The first-order chi connectivity index (χ1) is 12.2. The molecule has 132 valence electrons. The van der Waals surface area contributed by atoms with Gasteiger partial charge in [0.2, 0.25) is 5.91 Å². The van der Waals surface area contributed by atoms with Crippen LogP contribution < -0.4 is 5.32 Å². The van der Waals surface area contributed by atoms with Gasteiger partial charge in [0.25, 0.3) is 0 Å². The van der Waals surface area contributed by atoms with Crippen LogP contribution in [0, 0.1) is 6.92 Å². The number of furan rings is 1. The first kappa shape index (κ1) is 16.5. The van der Waals surface area contributed by atoms with E-state index in [0.29, 0.717) is 6.54 Å². The molecule has 1 aliphatic heterocycles. The lowest BCUT2D eigenvalue weighted by Gasteiger charge is -2.24. The third-order valence-corrected chi connectivity index (χ3v) is 5.88. The standard InChI is InChI=1S/C19H23N3O2S/c1-13-6-7-16(24-13)14-8-10-22(11-9-14)12-18(23)21-19-20-15-4-2-3-5-17(15)25-19/h6-8H,2-5,9-12H2,1H3,(H,20,21,23). The molecule has 1 aliphatic carbocycles. The van der Waals surface area contributed by atoms with E-state index >= 15 is 0 Å². The van der Waals surface area contributed by atoms with Crippen molar-refractivity contribution in [3.8, 4) is 0 Å². The van der Waals surface area contributed by atoms with E-state index in [0.717, 1.165) is 49.0 Å². The zero-order chi connectivity index (χ0) is 17.2. The highest BCUT2D eigenvalue weighted by atomic mass is 32.1. The Morgan fingerprint density at radius 2 is 2.20 bits per heavy atom.